The normalized spacial score (nSPS) is 14.9. The van der Waals surface area contributed by atoms with E-state index in [9.17, 15) is 8.42 Å². The molecule has 1 aromatic heterocycles. The predicted molar refractivity (Wildman–Crippen MR) is 78.7 cm³/mol. The zero-order valence-electron chi connectivity index (χ0n) is 11.7. The van der Waals surface area contributed by atoms with E-state index in [0.717, 1.165) is 17.7 Å². The molecule has 0 amide bonds. The zero-order chi connectivity index (χ0) is 14.7. The molecule has 0 spiro atoms. The van der Waals surface area contributed by atoms with Crippen LogP contribution in [0.4, 0.5) is 0 Å². The van der Waals surface area contributed by atoms with Crippen molar-refractivity contribution in [2.75, 3.05) is 12.4 Å². The smallest absolute Gasteiger partial charge is 0.178 e. The van der Waals surface area contributed by atoms with E-state index in [0.29, 0.717) is 31.1 Å². The average Bonchev–Trinajstić information content (AvgIpc) is 2.90. The maximum absolute atomic E-state index is 12.2. The van der Waals surface area contributed by atoms with E-state index in [1.807, 2.05) is 16.9 Å². The van der Waals surface area contributed by atoms with Crippen molar-refractivity contribution >= 4 is 9.84 Å². The first-order valence-corrected chi connectivity index (χ1v) is 8.71. The van der Waals surface area contributed by atoms with Gasteiger partial charge in [0.1, 0.15) is 0 Å². The van der Waals surface area contributed by atoms with Crippen LogP contribution in [0.3, 0.4) is 0 Å². The monoisotopic (exact) mass is 306 g/mol. The van der Waals surface area contributed by atoms with Crippen LogP contribution < -0.4 is 0 Å². The van der Waals surface area contributed by atoms with Gasteiger partial charge in [0.15, 0.2) is 9.84 Å². The molecular formula is C15H18N2O3S. The summed E-state index contributed by atoms with van der Waals surface area (Å²) in [4.78, 5) is 0.387. The van der Waals surface area contributed by atoms with Crippen LogP contribution in [0, 0.1) is 0 Å². The number of ether oxygens (including phenoxy) is 1. The molecule has 1 aliphatic rings. The van der Waals surface area contributed by atoms with Gasteiger partial charge in [0.05, 0.1) is 29.6 Å². The number of hydrogen-bond donors (Lipinski definition) is 0. The Morgan fingerprint density at radius 3 is 2.81 bits per heavy atom. The predicted octanol–water partition coefficient (Wildman–Crippen LogP) is 1.82. The largest absolute Gasteiger partial charge is 0.376 e. The second-order valence-corrected chi connectivity index (χ2v) is 7.26. The third-order valence-electron chi connectivity index (χ3n) is 3.57. The second kappa shape index (κ2) is 5.99. The quantitative estimate of drug-likeness (QED) is 0.845. The standard InChI is InChI=1S/C15H18N2O3S/c18-21(19,14-5-2-1-3-6-14)10-4-8-17-11-13-12-20-9-7-15(13)16-17/h1-3,5-6,11H,4,7-10,12H2. The third-order valence-corrected chi connectivity index (χ3v) is 5.38. The molecule has 112 valence electrons. The Morgan fingerprint density at radius 1 is 1.24 bits per heavy atom. The van der Waals surface area contributed by atoms with E-state index in [-0.39, 0.29) is 5.75 Å². The minimum Gasteiger partial charge on any atom is -0.376 e. The van der Waals surface area contributed by atoms with Crippen molar-refractivity contribution in [3.8, 4) is 0 Å². The Morgan fingerprint density at radius 2 is 2.05 bits per heavy atom. The van der Waals surface area contributed by atoms with E-state index in [2.05, 4.69) is 5.10 Å². The van der Waals surface area contributed by atoms with E-state index in [1.54, 1.807) is 24.3 Å². The number of aromatic nitrogens is 2. The van der Waals surface area contributed by atoms with Crippen molar-refractivity contribution in [2.24, 2.45) is 0 Å². The van der Waals surface area contributed by atoms with Crippen LogP contribution in [0.25, 0.3) is 0 Å². The number of benzene rings is 1. The number of hydrogen-bond acceptors (Lipinski definition) is 4. The van der Waals surface area contributed by atoms with Crippen LogP contribution in [-0.4, -0.2) is 30.6 Å². The molecule has 2 aromatic rings. The SMILES string of the molecule is O=S(=O)(CCCn1cc2c(n1)CCOC2)c1ccccc1. The van der Waals surface area contributed by atoms with Gasteiger partial charge in [-0.15, -0.1) is 0 Å². The van der Waals surface area contributed by atoms with Gasteiger partial charge in [-0.05, 0) is 18.6 Å². The molecular weight excluding hydrogens is 288 g/mol. The summed E-state index contributed by atoms with van der Waals surface area (Å²) in [6.07, 6.45) is 3.35. The van der Waals surface area contributed by atoms with E-state index in [4.69, 9.17) is 4.74 Å². The van der Waals surface area contributed by atoms with Crippen LogP contribution in [0.2, 0.25) is 0 Å². The van der Waals surface area contributed by atoms with Crippen molar-refractivity contribution in [3.63, 3.8) is 0 Å². The van der Waals surface area contributed by atoms with Crippen LogP contribution in [0.5, 0.6) is 0 Å². The van der Waals surface area contributed by atoms with Gasteiger partial charge in [-0.1, -0.05) is 18.2 Å². The lowest BCUT2D eigenvalue weighted by molar-refractivity contribution is 0.110. The molecule has 1 aliphatic heterocycles. The Bertz CT molecular complexity index is 684. The molecule has 1 aromatic carbocycles. The first-order chi connectivity index (χ1) is 10.1. The molecule has 0 saturated heterocycles. The topological polar surface area (TPSA) is 61.2 Å². The molecule has 5 nitrogen and oxygen atoms in total. The number of fused-ring (bicyclic) bond motifs is 1. The Labute approximate surface area is 124 Å². The summed E-state index contributed by atoms with van der Waals surface area (Å²) in [6, 6.07) is 8.58. The third kappa shape index (κ3) is 3.33. The minimum absolute atomic E-state index is 0.137. The molecule has 3 rings (SSSR count). The van der Waals surface area contributed by atoms with E-state index < -0.39 is 9.84 Å². The van der Waals surface area contributed by atoms with Gasteiger partial charge >= 0.3 is 0 Å². The van der Waals surface area contributed by atoms with Gasteiger partial charge in [-0.2, -0.15) is 5.10 Å². The van der Waals surface area contributed by atoms with Crippen molar-refractivity contribution in [2.45, 2.75) is 30.9 Å². The fourth-order valence-corrected chi connectivity index (χ4v) is 3.78. The highest BCUT2D eigenvalue weighted by molar-refractivity contribution is 7.91. The molecule has 21 heavy (non-hydrogen) atoms. The lowest BCUT2D eigenvalue weighted by Crippen LogP contribution is -2.10. The highest BCUT2D eigenvalue weighted by atomic mass is 32.2. The van der Waals surface area contributed by atoms with Crippen LogP contribution in [-0.2, 0) is 34.1 Å². The Hall–Kier alpha value is -1.66. The molecule has 0 N–H and O–H groups in total. The summed E-state index contributed by atoms with van der Waals surface area (Å²) in [7, 11) is -3.20. The molecule has 0 radical (unpaired) electrons. The number of nitrogens with zero attached hydrogens (tertiary/aromatic N) is 2. The maximum atomic E-state index is 12.2. The molecule has 6 heteroatoms. The summed E-state index contributed by atoms with van der Waals surface area (Å²) in [5, 5.41) is 4.48. The highest BCUT2D eigenvalue weighted by Crippen LogP contribution is 2.15. The first-order valence-electron chi connectivity index (χ1n) is 7.06. The fraction of sp³-hybridized carbons (Fsp3) is 0.400. The molecule has 0 fully saturated rings. The van der Waals surface area contributed by atoms with Gasteiger partial charge in [-0.3, -0.25) is 4.68 Å². The van der Waals surface area contributed by atoms with Crippen LogP contribution in [0.1, 0.15) is 17.7 Å². The first kappa shape index (κ1) is 14.3. The zero-order valence-corrected chi connectivity index (χ0v) is 12.6. The van der Waals surface area contributed by atoms with Crippen molar-refractivity contribution in [1.82, 2.24) is 9.78 Å². The summed E-state index contributed by atoms with van der Waals surface area (Å²) >= 11 is 0. The molecule has 0 bridgehead atoms. The van der Waals surface area contributed by atoms with E-state index in [1.165, 1.54) is 0 Å². The molecule has 2 heterocycles. The van der Waals surface area contributed by atoms with Gasteiger partial charge in [-0.25, -0.2) is 8.42 Å². The fourth-order valence-electron chi connectivity index (χ4n) is 2.46. The minimum atomic E-state index is -3.20. The number of rotatable bonds is 5. The molecule has 0 atom stereocenters. The van der Waals surface area contributed by atoms with E-state index >= 15 is 0 Å². The van der Waals surface area contributed by atoms with Gasteiger partial charge in [0, 0.05) is 24.7 Å². The lowest BCUT2D eigenvalue weighted by Gasteiger charge is -2.08. The highest BCUT2D eigenvalue weighted by Gasteiger charge is 2.16. The van der Waals surface area contributed by atoms with Crippen molar-refractivity contribution in [1.29, 1.82) is 0 Å². The Kier molecular flexibility index (Phi) is 4.07. The molecule has 0 saturated carbocycles. The number of sulfone groups is 1. The second-order valence-electron chi connectivity index (χ2n) is 5.15. The van der Waals surface area contributed by atoms with Gasteiger partial charge in [0.2, 0.25) is 0 Å². The van der Waals surface area contributed by atoms with Gasteiger partial charge < -0.3 is 4.74 Å². The maximum Gasteiger partial charge on any atom is 0.178 e. The summed E-state index contributed by atoms with van der Waals surface area (Å²) in [5.74, 6) is 0.137. The van der Waals surface area contributed by atoms with Gasteiger partial charge in [0.25, 0.3) is 0 Å². The lowest BCUT2D eigenvalue weighted by atomic mass is 10.2. The summed E-state index contributed by atoms with van der Waals surface area (Å²) in [5.41, 5.74) is 2.19. The van der Waals surface area contributed by atoms with Crippen LogP contribution in [0.15, 0.2) is 41.4 Å². The van der Waals surface area contributed by atoms with Crippen LogP contribution >= 0.6 is 0 Å². The van der Waals surface area contributed by atoms with Crippen molar-refractivity contribution in [3.05, 3.63) is 47.8 Å². The molecule has 0 unspecified atom stereocenters. The summed E-state index contributed by atoms with van der Waals surface area (Å²) < 4.78 is 31.5. The molecule has 0 aliphatic carbocycles. The average molecular weight is 306 g/mol. The number of aryl methyl sites for hydroxylation is 1. The van der Waals surface area contributed by atoms with Crippen molar-refractivity contribution < 1.29 is 13.2 Å². The summed E-state index contributed by atoms with van der Waals surface area (Å²) in [6.45, 7) is 1.93. The Balaban J connectivity index is 1.60.